The number of carbonyl (C=O) groups is 1. The van der Waals surface area contributed by atoms with Gasteiger partial charge in [0.2, 0.25) is 5.17 Å². The van der Waals surface area contributed by atoms with Crippen molar-refractivity contribution in [2.45, 2.75) is 41.0 Å². The summed E-state index contributed by atoms with van der Waals surface area (Å²) in [4.78, 5) is 16.9. The number of hydrazone groups is 1. The third-order valence-electron chi connectivity index (χ3n) is 5.26. The van der Waals surface area contributed by atoms with E-state index in [4.69, 9.17) is 17.0 Å². The van der Waals surface area contributed by atoms with Gasteiger partial charge in [-0.15, -0.1) is 0 Å². The first-order chi connectivity index (χ1) is 14.7. The highest BCUT2D eigenvalue weighted by atomic mass is 35.5. The molecule has 3 heterocycles. The van der Waals surface area contributed by atoms with E-state index in [0.717, 1.165) is 39.7 Å². The lowest BCUT2D eigenvalue weighted by atomic mass is 10.1. The molecule has 31 heavy (non-hydrogen) atoms. The number of halogens is 1. The maximum absolute atomic E-state index is 12.7. The highest BCUT2D eigenvalue weighted by Crippen LogP contribution is 2.32. The Morgan fingerprint density at radius 2 is 1.97 bits per heavy atom. The SMILES string of the molecule is Cc1ccc(-n2c(C)cc(/C=C3\C(=N)N4N=C(CC(C)C)SC4=NC3=O)c2C)cc1Cl. The molecular formula is C23H24ClN5OS. The molecule has 1 aromatic heterocycles. The van der Waals surface area contributed by atoms with E-state index in [1.807, 2.05) is 45.0 Å². The van der Waals surface area contributed by atoms with E-state index in [-0.39, 0.29) is 11.4 Å². The van der Waals surface area contributed by atoms with Gasteiger partial charge in [-0.3, -0.25) is 10.2 Å². The number of aromatic nitrogens is 1. The van der Waals surface area contributed by atoms with Crippen molar-refractivity contribution in [1.29, 1.82) is 5.41 Å². The van der Waals surface area contributed by atoms with Crippen molar-refractivity contribution in [2.75, 3.05) is 0 Å². The van der Waals surface area contributed by atoms with E-state index in [1.54, 1.807) is 6.08 Å². The van der Waals surface area contributed by atoms with Crippen LogP contribution in [0.3, 0.4) is 0 Å². The lowest BCUT2D eigenvalue weighted by molar-refractivity contribution is -0.114. The number of amidine groups is 2. The Bertz CT molecular complexity index is 1200. The summed E-state index contributed by atoms with van der Waals surface area (Å²) < 4.78 is 2.09. The maximum atomic E-state index is 12.7. The molecule has 0 aliphatic carbocycles. The average Bonchev–Trinajstić information content (AvgIpc) is 3.20. The number of carbonyl (C=O) groups excluding carboxylic acids is 1. The monoisotopic (exact) mass is 453 g/mol. The standard InChI is InChI=1S/C23H24ClN5OS/c1-12(2)8-20-27-29-21(25)18(22(30)26-23(29)31-20)10-16-9-14(4)28(15(16)5)17-7-6-13(3)19(24)11-17/h6-7,9-12,25H,8H2,1-5H3/b18-10+,25-21?. The Morgan fingerprint density at radius 3 is 2.65 bits per heavy atom. The zero-order valence-electron chi connectivity index (χ0n) is 18.2. The third-order valence-corrected chi connectivity index (χ3v) is 6.60. The predicted molar refractivity (Wildman–Crippen MR) is 129 cm³/mol. The number of nitrogens with zero attached hydrogens (tertiary/aromatic N) is 4. The molecule has 6 nitrogen and oxygen atoms in total. The lowest BCUT2D eigenvalue weighted by Crippen LogP contribution is -2.35. The van der Waals surface area contributed by atoms with Crippen LogP contribution in [0.5, 0.6) is 0 Å². The molecule has 0 atom stereocenters. The van der Waals surface area contributed by atoms with Crippen molar-refractivity contribution in [3.8, 4) is 5.69 Å². The van der Waals surface area contributed by atoms with Crippen molar-refractivity contribution in [1.82, 2.24) is 9.58 Å². The van der Waals surface area contributed by atoms with Crippen LogP contribution in [0.25, 0.3) is 11.8 Å². The topological polar surface area (TPSA) is 73.8 Å². The van der Waals surface area contributed by atoms with E-state index >= 15 is 0 Å². The summed E-state index contributed by atoms with van der Waals surface area (Å²) in [7, 11) is 0. The van der Waals surface area contributed by atoms with Gasteiger partial charge >= 0.3 is 0 Å². The summed E-state index contributed by atoms with van der Waals surface area (Å²) in [5, 5.41) is 16.6. The Hall–Kier alpha value is -2.64. The summed E-state index contributed by atoms with van der Waals surface area (Å²) in [5.74, 6) is 0.0890. The number of fused-ring (bicyclic) bond motifs is 1. The minimum atomic E-state index is -0.409. The number of aliphatic imine (C=N–C) groups is 1. The average molecular weight is 454 g/mol. The highest BCUT2D eigenvalue weighted by molar-refractivity contribution is 8.26. The molecule has 2 aliphatic heterocycles. The van der Waals surface area contributed by atoms with Gasteiger partial charge in [0.1, 0.15) is 5.04 Å². The number of thioether (sulfide) groups is 1. The molecule has 1 aromatic carbocycles. The maximum Gasteiger partial charge on any atom is 0.283 e. The Kier molecular flexibility index (Phi) is 5.66. The van der Waals surface area contributed by atoms with E-state index < -0.39 is 5.91 Å². The summed E-state index contributed by atoms with van der Waals surface area (Å²) in [6.07, 6.45) is 2.53. The normalized spacial score (nSPS) is 17.5. The molecule has 0 saturated carbocycles. The van der Waals surface area contributed by atoms with E-state index in [0.29, 0.717) is 16.1 Å². The summed E-state index contributed by atoms with van der Waals surface area (Å²) in [5.41, 5.74) is 5.04. The summed E-state index contributed by atoms with van der Waals surface area (Å²) in [6, 6.07) is 7.95. The van der Waals surface area contributed by atoms with Crippen LogP contribution in [0, 0.1) is 32.1 Å². The molecule has 4 rings (SSSR count). The third kappa shape index (κ3) is 4.00. The van der Waals surface area contributed by atoms with E-state index in [1.165, 1.54) is 16.8 Å². The van der Waals surface area contributed by atoms with Gasteiger partial charge in [-0.2, -0.15) is 15.1 Å². The number of aryl methyl sites for hydroxylation is 2. The first-order valence-electron chi connectivity index (χ1n) is 10.1. The second-order valence-corrected chi connectivity index (χ2v) is 9.65. The molecular weight excluding hydrogens is 430 g/mol. The first kappa shape index (κ1) is 21.6. The van der Waals surface area contributed by atoms with Crippen LogP contribution in [-0.2, 0) is 4.79 Å². The minimum absolute atomic E-state index is 0.0597. The van der Waals surface area contributed by atoms with E-state index in [2.05, 4.69) is 28.5 Å². The zero-order valence-corrected chi connectivity index (χ0v) is 19.7. The minimum Gasteiger partial charge on any atom is -0.318 e. The molecule has 0 radical (unpaired) electrons. The molecule has 160 valence electrons. The van der Waals surface area contributed by atoms with Crippen molar-refractivity contribution in [2.24, 2.45) is 16.0 Å². The second-order valence-electron chi connectivity index (χ2n) is 8.21. The molecule has 0 bridgehead atoms. The number of benzene rings is 1. The van der Waals surface area contributed by atoms with Crippen molar-refractivity contribution < 1.29 is 4.79 Å². The van der Waals surface area contributed by atoms with Crippen molar-refractivity contribution >= 4 is 51.4 Å². The second kappa shape index (κ2) is 8.13. The van der Waals surface area contributed by atoms with Crippen LogP contribution in [-0.4, -0.2) is 31.5 Å². The molecule has 1 N–H and O–H groups in total. The number of nitrogens with one attached hydrogen (secondary N) is 1. The summed E-state index contributed by atoms with van der Waals surface area (Å²) >= 11 is 7.70. The number of hydrogen-bond acceptors (Lipinski definition) is 4. The van der Waals surface area contributed by atoms with Crippen LogP contribution in [0.15, 0.2) is 39.9 Å². The van der Waals surface area contributed by atoms with Gasteiger partial charge in [0, 0.05) is 28.5 Å². The highest BCUT2D eigenvalue weighted by Gasteiger charge is 2.35. The first-order valence-corrected chi connectivity index (χ1v) is 11.3. The van der Waals surface area contributed by atoms with Crippen molar-refractivity contribution in [3.63, 3.8) is 0 Å². The van der Waals surface area contributed by atoms with Crippen LogP contribution < -0.4 is 0 Å². The fourth-order valence-electron chi connectivity index (χ4n) is 3.67. The van der Waals surface area contributed by atoms with Crippen molar-refractivity contribution in [3.05, 3.63) is 57.4 Å². The van der Waals surface area contributed by atoms with Gasteiger partial charge in [0.25, 0.3) is 5.91 Å². The number of amides is 1. The van der Waals surface area contributed by atoms with E-state index in [9.17, 15) is 4.79 Å². The molecule has 0 unspecified atom stereocenters. The molecule has 2 aromatic rings. The molecule has 0 spiro atoms. The van der Waals surface area contributed by atoms with Crippen LogP contribution >= 0.6 is 23.4 Å². The molecule has 0 saturated heterocycles. The van der Waals surface area contributed by atoms with Gasteiger partial charge in [0.15, 0.2) is 5.84 Å². The quantitative estimate of drug-likeness (QED) is 0.601. The van der Waals surface area contributed by atoms with Crippen LogP contribution in [0.4, 0.5) is 0 Å². The van der Waals surface area contributed by atoms with Crippen LogP contribution in [0.2, 0.25) is 5.02 Å². The smallest absolute Gasteiger partial charge is 0.283 e. The molecule has 8 heteroatoms. The number of rotatable bonds is 4. The fourth-order valence-corrected chi connectivity index (χ4v) is 4.94. The van der Waals surface area contributed by atoms with Gasteiger partial charge in [0.05, 0.1) is 5.57 Å². The fraction of sp³-hybridized carbons (Fsp3) is 0.304. The molecule has 2 aliphatic rings. The van der Waals surface area contributed by atoms with Crippen LogP contribution in [0.1, 0.15) is 42.8 Å². The number of hydrogen-bond donors (Lipinski definition) is 1. The Balaban J connectivity index is 1.71. The van der Waals surface area contributed by atoms with Gasteiger partial charge in [-0.1, -0.05) is 31.5 Å². The lowest BCUT2D eigenvalue weighted by Gasteiger charge is -2.20. The van der Waals surface area contributed by atoms with Gasteiger partial charge in [-0.05, 0) is 73.9 Å². The molecule has 0 fully saturated rings. The Morgan fingerprint density at radius 1 is 1.23 bits per heavy atom. The molecule has 1 amide bonds. The van der Waals surface area contributed by atoms with Gasteiger partial charge in [-0.25, -0.2) is 0 Å². The zero-order chi connectivity index (χ0) is 22.4. The Labute approximate surface area is 191 Å². The largest absolute Gasteiger partial charge is 0.318 e. The summed E-state index contributed by atoms with van der Waals surface area (Å²) in [6.45, 7) is 10.2. The van der Waals surface area contributed by atoms with Gasteiger partial charge < -0.3 is 4.57 Å². The predicted octanol–water partition coefficient (Wildman–Crippen LogP) is 5.72.